The molecule has 0 radical (unpaired) electrons. The van der Waals surface area contributed by atoms with E-state index in [4.69, 9.17) is 0 Å². The number of hydrogen-bond acceptors (Lipinski definition) is 3. The van der Waals surface area contributed by atoms with Gasteiger partial charge in [-0.15, -0.1) is 11.3 Å². The van der Waals surface area contributed by atoms with Gasteiger partial charge in [-0.1, -0.05) is 0 Å². The zero-order valence-corrected chi connectivity index (χ0v) is 11.5. The van der Waals surface area contributed by atoms with E-state index in [1.807, 2.05) is 43.2 Å². The lowest BCUT2D eigenvalue weighted by Gasteiger charge is -2.00. The molecule has 0 bridgehead atoms. The summed E-state index contributed by atoms with van der Waals surface area (Å²) < 4.78 is 1.82. The lowest BCUT2D eigenvalue weighted by Crippen LogP contribution is -2.21. The van der Waals surface area contributed by atoms with Crippen LogP contribution in [0.5, 0.6) is 0 Å². The number of thiophene rings is 1. The smallest absolute Gasteiger partial charge is 0.261 e. The van der Waals surface area contributed by atoms with Gasteiger partial charge in [0.1, 0.15) is 4.83 Å². The number of carbonyl (C=O) groups is 1. The fraction of sp³-hybridized carbons (Fsp3) is 0.231. The standard InChI is InChI=1S/C13H14N4OS/c1-8-10-5-11(19-13(10)17(2)16-8)12(18)15-7-9-3-4-14-6-9/h3-6,14H,7H2,1-2H3,(H,15,18). The van der Waals surface area contributed by atoms with Crippen molar-refractivity contribution >= 4 is 27.5 Å². The molecule has 1 amide bonds. The normalized spacial score (nSPS) is 11.1. The number of aromatic amines is 1. The van der Waals surface area contributed by atoms with E-state index in [-0.39, 0.29) is 5.91 Å². The first-order valence-corrected chi connectivity index (χ1v) is 6.80. The van der Waals surface area contributed by atoms with E-state index in [2.05, 4.69) is 15.4 Å². The fourth-order valence-electron chi connectivity index (χ4n) is 2.06. The number of fused-ring (bicyclic) bond motifs is 1. The van der Waals surface area contributed by atoms with E-state index in [9.17, 15) is 4.79 Å². The van der Waals surface area contributed by atoms with Gasteiger partial charge in [0, 0.05) is 31.4 Å². The first kappa shape index (κ1) is 12.0. The molecule has 2 N–H and O–H groups in total. The third kappa shape index (κ3) is 2.15. The maximum Gasteiger partial charge on any atom is 0.261 e. The maximum atomic E-state index is 12.1. The van der Waals surface area contributed by atoms with Gasteiger partial charge in [0.15, 0.2) is 0 Å². The summed E-state index contributed by atoms with van der Waals surface area (Å²) in [7, 11) is 1.90. The van der Waals surface area contributed by atoms with Crippen molar-refractivity contribution in [3.05, 3.63) is 40.7 Å². The Labute approximate surface area is 114 Å². The summed E-state index contributed by atoms with van der Waals surface area (Å²) in [5.41, 5.74) is 2.02. The number of carbonyl (C=O) groups excluding carboxylic acids is 1. The van der Waals surface area contributed by atoms with Crippen molar-refractivity contribution in [1.82, 2.24) is 20.1 Å². The summed E-state index contributed by atoms with van der Waals surface area (Å²) in [6.07, 6.45) is 3.72. The second-order valence-corrected chi connectivity index (χ2v) is 5.47. The molecule has 3 aromatic heterocycles. The third-order valence-corrected chi connectivity index (χ3v) is 4.24. The zero-order chi connectivity index (χ0) is 13.4. The summed E-state index contributed by atoms with van der Waals surface area (Å²) in [4.78, 5) is 16.8. The predicted molar refractivity (Wildman–Crippen MR) is 75.3 cm³/mol. The van der Waals surface area contributed by atoms with Crippen LogP contribution in [-0.2, 0) is 13.6 Å². The van der Waals surface area contributed by atoms with Crippen molar-refractivity contribution in [1.29, 1.82) is 0 Å². The van der Waals surface area contributed by atoms with E-state index in [1.165, 1.54) is 11.3 Å². The van der Waals surface area contributed by atoms with Crippen LogP contribution in [0.3, 0.4) is 0 Å². The van der Waals surface area contributed by atoms with Gasteiger partial charge in [0.2, 0.25) is 0 Å². The average molecular weight is 274 g/mol. The minimum absolute atomic E-state index is 0.0400. The lowest BCUT2D eigenvalue weighted by atomic mass is 10.3. The van der Waals surface area contributed by atoms with E-state index < -0.39 is 0 Å². The Hall–Kier alpha value is -2.08. The quantitative estimate of drug-likeness (QED) is 0.769. The topological polar surface area (TPSA) is 62.7 Å². The Morgan fingerprint density at radius 3 is 3.11 bits per heavy atom. The largest absolute Gasteiger partial charge is 0.367 e. The highest BCUT2D eigenvalue weighted by atomic mass is 32.1. The molecule has 0 aliphatic rings. The lowest BCUT2D eigenvalue weighted by molar-refractivity contribution is 0.0955. The van der Waals surface area contributed by atoms with Crippen LogP contribution < -0.4 is 5.32 Å². The molecule has 0 atom stereocenters. The second-order valence-electron chi connectivity index (χ2n) is 4.44. The molecular formula is C13H14N4OS. The molecule has 0 unspecified atom stereocenters. The number of rotatable bonds is 3. The summed E-state index contributed by atoms with van der Waals surface area (Å²) in [6, 6.07) is 3.86. The summed E-state index contributed by atoms with van der Waals surface area (Å²) >= 11 is 1.47. The third-order valence-electron chi connectivity index (χ3n) is 3.04. The fourth-order valence-corrected chi connectivity index (χ4v) is 3.09. The van der Waals surface area contributed by atoms with Gasteiger partial charge >= 0.3 is 0 Å². The molecule has 5 nitrogen and oxygen atoms in total. The molecule has 3 aromatic rings. The first-order valence-electron chi connectivity index (χ1n) is 5.98. The molecule has 98 valence electrons. The predicted octanol–water partition coefficient (Wildman–Crippen LogP) is 2.20. The molecule has 0 saturated heterocycles. The number of nitrogens with zero attached hydrogens (tertiary/aromatic N) is 2. The second kappa shape index (κ2) is 4.55. The van der Waals surface area contributed by atoms with Crippen LogP contribution in [0.2, 0.25) is 0 Å². The van der Waals surface area contributed by atoms with Gasteiger partial charge in [-0.3, -0.25) is 9.48 Å². The number of amides is 1. The summed E-state index contributed by atoms with van der Waals surface area (Å²) in [6.45, 7) is 2.49. The molecule has 0 aliphatic heterocycles. The number of aromatic nitrogens is 3. The Bertz CT molecular complexity index is 689. The maximum absolute atomic E-state index is 12.1. The molecular weight excluding hydrogens is 260 g/mol. The van der Waals surface area contributed by atoms with Gasteiger partial charge in [0.05, 0.1) is 10.6 Å². The molecule has 19 heavy (non-hydrogen) atoms. The highest BCUT2D eigenvalue weighted by Gasteiger charge is 2.14. The molecule has 0 spiro atoms. The Morgan fingerprint density at radius 2 is 2.42 bits per heavy atom. The van der Waals surface area contributed by atoms with Crippen LogP contribution in [0.1, 0.15) is 20.9 Å². The molecule has 0 fully saturated rings. The zero-order valence-electron chi connectivity index (χ0n) is 10.7. The molecule has 3 rings (SSSR count). The minimum atomic E-state index is -0.0400. The first-order chi connectivity index (χ1) is 9.15. The van der Waals surface area contributed by atoms with Crippen molar-refractivity contribution in [2.45, 2.75) is 13.5 Å². The minimum Gasteiger partial charge on any atom is -0.367 e. The van der Waals surface area contributed by atoms with Crippen LogP contribution in [-0.4, -0.2) is 20.7 Å². The molecule has 3 heterocycles. The van der Waals surface area contributed by atoms with Crippen molar-refractivity contribution in [3.63, 3.8) is 0 Å². The van der Waals surface area contributed by atoms with Crippen LogP contribution in [0.15, 0.2) is 24.5 Å². The molecule has 0 saturated carbocycles. The molecule has 0 aliphatic carbocycles. The van der Waals surface area contributed by atoms with Gasteiger partial charge < -0.3 is 10.3 Å². The van der Waals surface area contributed by atoms with Crippen molar-refractivity contribution in [3.8, 4) is 0 Å². The van der Waals surface area contributed by atoms with Gasteiger partial charge in [0.25, 0.3) is 5.91 Å². The van der Waals surface area contributed by atoms with Crippen LogP contribution in [0.25, 0.3) is 10.2 Å². The van der Waals surface area contributed by atoms with Crippen molar-refractivity contribution in [2.24, 2.45) is 7.05 Å². The van der Waals surface area contributed by atoms with E-state index in [1.54, 1.807) is 0 Å². The van der Waals surface area contributed by atoms with Crippen molar-refractivity contribution < 1.29 is 4.79 Å². The summed E-state index contributed by atoms with van der Waals surface area (Å²) in [5, 5.41) is 8.30. The number of hydrogen-bond donors (Lipinski definition) is 2. The molecule has 6 heteroatoms. The SMILES string of the molecule is Cc1nn(C)c2sc(C(=O)NCc3cc[nH]c3)cc12. The number of H-pyrrole nitrogens is 1. The Kier molecular flexibility index (Phi) is 2.87. The summed E-state index contributed by atoms with van der Waals surface area (Å²) in [5.74, 6) is -0.0400. The van der Waals surface area contributed by atoms with Gasteiger partial charge in [-0.25, -0.2) is 0 Å². The van der Waals surface area contributed by atoms with Crippen LogP contribution in [0, 0.1) is 6.92 Å². The van der Waals surface area contributed by atoms with Crippen molar-refractivity contribution in [2.75, 3.05) is 0 Å². The van der Waals surface area contributed by atoms with E-state index >= 15 is 0 Å². The van der Waals surface area contributed by atoms with Crippen LogP contribution in [0.4, 0.5) is 0 Å². The van der Waals surface area contributed by atoms with Crippen LogP contribution >= 0.6 is 11.3 Å². The average Bonchev–Trinajstić information content (AvgIpc) is 3.08. The highest BCUT2D eigenvalue weighted by Crippen LogP contribution is 2.27. The molecule has 0 aromatic carbocycles. The number of nitrogens with one attached hydrogen (secondary N) is 2. The number of aryl methyl sites for hydroxylation is 2. The Balaban J connectivity index is 1.79. The highest BCUT2D eigenvalue weighted by molar-refractivity contribution is 7.20. The van der Waals surface area contributed by atoms with Gasteiger partial charge in [-0.05, 0) is 24.6 Å². The van der Waals surface area contributed by atoms with E-state index in [0.717, 1.165) is 26.4 Å². The monoisotopic (exact) mass is 274 g/mol. The van der Waals surface area contributed by atoms with E-state index in [0.29, 0.717) is 6.54 Å². The Morgan fingerprint density at radius 1 is 1.58 bits per heavy atom. The van der Waals surface area contributed by atoms with Gasteiger partial charge in [-0.2, -0.15) is 5.10 Å².